The Labute approximate surface area is 185 Å². The molecule has 2 aromatic rings. The summed E-state index contributed by atoms with van der Waals surface area (Å²) in [6.45, 7) is 5.99. The van der Waals surface area contributed by atoms with E-state index in [1.807, 2.05) is 26.8 Å². The van der Waals surface area contributed by atoms with Crippen LogP contribution in [0.15, 0.2) is 47.1 Å². The van der Waals surface area contributed by atoms with Gasteiger partial charge in [-0.3, -0.25) is 4.79 Å². The third-order valence-electron chi connectivity index (χ3n) is 5.69. The van der Waals surface area contributed by atoms with Crippen LogP contribution in [0.1, 0.15) is 54.0 Å². The fraction of sp³-hybridized carbons (Fsp3) is 0.400. The minimum Gasteiger partial charge on any atom is -0.512 e. The van der Waals surface area contributed by atoms with Gasteiger partial charge in [-0.15, -0.1) is 11.8 Å². The second kappa shape index (κ2) is 9.51. The smallest absolute Gasteiger partial charge is 0.417 e. The lowest BCUT2D eigenvalue weighted by Gasteiger charge is -2.26. The fourth-order valence-corrected chi connectivity index (χ4v) is 5.50. The molecule has 0 aromatic heterocycles. The molecule has 6 heteroatoms. The van der Waals surface area contributed by atoms with Crippen LogP contribution in [-0.4, -0.2) is 16.6 Å². The van der Waals surface area contributed by atoms with Crippen molar-refractivity contribution in [2.75, 3.05) is 5.75 Å². The molecular formula is C25H27F3O2S. The summed E-state index contributed by atoms with van der Waals surface area (Å²) < 4.78 is 39.5. The zero-order valence-electron chi connectivity index (χ0n) is 18.0. The lowest BCUT2D eigenvalue weighted by Crippen LogP contribution is -2.20. The van der Waals surface area contributed by atoms with Gasteiger partial charge in [-0.05, 0) is 67.2 Å². The number of hydrogen-bond acceptors (Lipinski definition) is 3. The highest BCUT2D eigenvalue weighted by Gasteiger charge is 2.34. The molecule has 3 rings (SSSR count). The minimum absolute atomic E-state index is 0.0716. The monoisotopic (exact) mass is 448 g/mol. The van der Waals surface area contributed by atoms with Crippen molar-refractivity contribution in [3.8, 4) is 0 Å². The molecule has 1 atom stereocenters. The number of ketones is 1. The SMILES string of the molecule is CCc1cc(C)cc(C)c1C1=C(O)CC(CCSc2ccccc2C(F)(F)F)CC1=O. The van der Waals surface area contributed by atoms with Crippen LogP contribution in [0.2, 0.25) is 0 Å². The van der Waals surface area contributed by atoms with Crippen LogP contribution < -0.4 is 0 Å². The first-order valence-electron chi connectivity index (χ1n) is 10.5. The summed E-state index contributed by atoms with van der Waals surface area (Å²) in [6.07, 6.45) is -2.38. The van der Waals surface area contributed by atoms with E-state index in [-0.39, 0.29) is 22.4 Å². The van der Waals surface area contributed by atoms with Crippen molar-refractivity contribution in [3.05, 3.63) is 70.0 Å². The third-order valence-corrected chi connectivity index (χ3v) is 6.80. The molecule has 1 unspecified atom stereocenters. The predicted molar refractivity (Wildman–Crippen MR) is 119 cm³/mol. The van der Waals surface area contributed by atoms with Gasteiger partial charge in [-0.2, -0.15) is 13.2 Å². The maximum absolute atomic E-state index is 13.2. The number of hydrogen-bond donors (Lipinski definition) is 1. The number of halogens is 3. The summed E-state index contributed by atoms with van der Waals surface area (Å²) in [7, 11) is 0. The molecule has 0 aliphatic heterocycles. The topological polar surface area (TPSA) is 37.3 Å². The van der Waals surface area contributed by atoms with Gasteiger partial charge in [-0.25, -0.2) is 0 Å². The molecule has 0 saturated heterocycles. The van der Waals surface area contributed by atoms with E-state index in [0.29, 0.717) is 30.6 Å². The molecule has 2 nitrogen and oxygen atoms in total. The number of aliphatic hydroxyl groups is 1. The minimum atomic E-state index is -4.39. The van der Waals surface area contributed by atoms with E-state index < -0.39 is 11.7 Å². The van der Waals surface area contributed by atoms with Gasteiger partial charge in [0.15, 0.2) is 5.78 Å². The molecule has 0 saturated carbocycles. The van der Waals surface area contributed by atoms with Gasteiger partial charge in [0.25, 0.3) is 0 Å². The zero-order chi connectivity index (χ0) is 22.8. The van der Waals surface area contributed by atoms with Gasteiger partial charge >= 0.3 is 6.18 Å². The average Bonchev–Trinajstić information content (AvgIpc) is 2.68. The standard InChI is InChI=1S/C25H27F3O2S/c1-4-18-12-15(2)11-16(3)23(18)24-20(29)13-17(14-21(24)30)9-10-31-22-8-6-5-7-19(22)25(26,27)28/h5-8,11-12,17,29H,4,9-10,13-14H2,1-3H3. The Hall–Kier alpha value is -2.21. The lowest BCUT2D eigenvalue weighted by molar-refractivity contribution is -0.139. The molecule has 0 fully saturated rings. The van der Waals surface area contributed by atoms with Gasteiger partial charge in [-0.1, -0.05) is 36.8 Å². The van der Waals surface area contributed by atoms with E-state index in [1.165, 1.54) is 12.1 Å². The van der Waals surface area contributed by atoms with E-state index in [1.54, 1.807) is 6.07 Å². The Balaban J connectivity index is 1.73. The second-order valence-electron chi connectivity index (χ2n) is 8.12. The van der Waals surface area contributed by atoms with Crippen LogP contribution in [0, 0.1) is 19.8 Å². The van der Waals surface area contributed by atoms with Gasteiger partial charge in [0.1, 0.15) is 5.76 Å². The van der Waals surface area contributed by atoms with Crippen molar-refractivity contribution in [1.82, 2.24) is 0 Å². The van der Waals surface area contributed by atoms with Crippen molar-refractivity contribution in [2.45, 2.75) is 57.5 Å². The van der Waals surface area contributed by atoms with Crippen LogP contribution in [0.5, 0.6) is 0 Å². The molecule has 1 N–H and O–H groups in total. The van der Waals surface area contributed by atoms with Crippen LogP contribution in [0.25, 0.3) is 5.57 Å². The van der Waals surface area contributed by atoms with Crippen molar-refractivity contribution in [1.29, 1.82) is 0 Å². The molecule has 0 bridgehead atoms. The van der Waals surface area contributed by atoms with Crippen LogP contribution in [0.4, 0.5) is 13.2 Å². The number of carbonyl (C=O) groups excluding carboxylic acids is 1. The maximum atomic E-state index is 13.2. The number of alkyl halides is 3. The Morgan fingerprint density at radius 1 is 1.13 bits per heavy atom. The molecular weight excluding hydrogens is 421 g/mol. The molecule has 0 spiro atoms. The molecule has 0 radical (unpaired) electrons. The van der Waals surface area contributed by atoms with E-state index in [0.717, 1.165) is 46.5 Å². The molecule has 2 aromatic carbocycles. The van der Waals surface area contributed by atoms with E-state index in [2.05, 4.69) is 6.07 Å². The van der Waals surface area contributed by atoms with Crippen molar-refractivity contribution in [3.63, 3.8) is 0 Å². The molecule has 1 aliphatic carbocycles. The first-order valence-corrected chi connectivity index (χ1v) is 11.4. The summed E-state index contributed by atoms with van der Waals surface area (Å²) in [6, 6.07) is 9.61. The summed E-state index contributed by atoms with van der Waals surface area (Å²) in [5.41, 5.74) is 3.76. The highest BCUT2D eigenvalue weighted by molar-refractivity contribution is 7.99. The van der Waals surface area contributed by atoms with Crippen molar-refractivity contribution >= 4 is 23.1 Å². The predicted octanol–water partition coefficient (Wildman–Crippen LogP) is 7.32. The summed E-state index contributed by atoms with van der Waals surface area (Å²) in [4.78, 5) is 13.2. The van der Waals surface area contributed by atoms with Crippen LogP contribution >= 0.6 is 11.8 Å². The summed E-state index contributed by atoms with van der Waals surface area (Å²) in [5.74, 6) is 0.398. The third kappa shape index (κ3) is 5.35. The average molecular weight is 449 g/mol. The molecule has 1 aliphatic rings. The number of carbonyl (C=O) groups is 1. The van der Waals surface area contributed by atoms with Gasteiger partial charge in [0.05, 0.1) is 11.1 Å². The Kier molecular flexibility index (Phi) is 7.20. The highest BCUT2D eigenvalue weighted by Crippen LogP contribution is 2.39. The Morgan fingerprint density at radius 2 is 1.84 bits per heavy atom. The van der Waals surface area contributed by atoms with Gasteiger partial charge in [0.2, 0.25) is 0 Å². The number of rotatable bonds is 6. The molecule has 166 valence electrons. The van der Waals surface area contributed by atoms with Crippen molar-refractivity contribution in [2.24, 2.45) is 5.92 Å². The number of Topliss-reactive ketones (excluding diaryl/α,β-unsaturated/α-hetero) is 1. The van der Waals surface area contributed by atoms with E-state index >= 15 is 0 Å². The van der Waals surface area contributed by atoms with Gasteiger partial charge < -0.3 is 5.11 Å². The highest BCUT2D eigenvalue weighted by atomic mass is 32.2. The summed E-state index contributed by atoms with van der Waals surface area (Å²) >= 11 is 1.15. The number of allylic oxidation sites excluding steroid dienone is 2. The Bertz CT molecular complexity index is 1010. The molecule has 31 heavy (non-hydrogen) atoms. The van der Waals surface area contributed by atoms with Gasteiger partial charge in [0, 0.05) is 17.7 Å². The fourth-order valence-electron chi connectivity index (χ4n) is 4.32. The number of aliphatic hydroxyl groups excluding tert-OH is 1. The van der Waals surface area contributed by atoms with Crippen LogP contribution in [-0.2, 0) is 17.4 Å². The second-order valence-corrected chi connectivity index (χ2v) is 9.26. The number of benzene rings is 2. The van der Waals surface area contributed by atoms with E-state index in [4.69, 9.17) is 0 Å². The molecule has 0 amide bonds. The quantitative estimate of drug-likeness (QED) is 0.471. The first-order chi connectivity index (χ1) is 14.6. The number of thioether (sulfide) groups is 1. The Morgan fingerprint density at radius 3 is 2.48 bits per heavy atom. The number of aryl methyl sites for hydroxylation is 3. The zero-order valence-corrected chi connectivity index (χ0v) is 18.8. The summed E-state index contributed by atoms with van der Waals surface area (Å²) in [5, 5.41) is 10.7. The molecule has 0 heterocycles. The first kappa shape index (κ1) is 23.5. The van der Waals surface area contributed by atoms with E-state index in [9.17, 15) is 23.1 Å². The van der Waals surface area contributed by atoms with Crippen molar-refractivity contribution < 1.29 is 23.1 Å². The normalized spacial score (nSPS) is 17.4. The van der Waals surface area contributed by atoms with Crippen LogP contribution in [0.3, 0.4) is 0 Å². The largest absolute Gasteiger partial charge is 0.512 e. The lowest BCUT2D eigenvalue weighted by atomic mass is 9.80. The maximum Gasteiger partial charge on any atom is 0.417 e.